The van der Waals surface area contributed by atoms with Gasteiger partial charge in [0.2, 0.25) is 0 Å². The summed E-state index contributed by atoms with van der Waals surface area (Å²) >= 11 is 0. The van der Waals surface area contributed by atoms with Crippen LogP contribution >= 0.6 is 0 Å². The first-order chi connectivity index (χ1) is 14.2. The molecule has 0 saturated heterocycles. The van der Waals surface area contributed by atoms with Crippen LogP contribution in [0.25, 0.3) is 11.1 Å². The zero-order valence-corrected chi connectivity index (χ0v) is 16.2. The number of rotatable bonds is 3. The number of carbonyl (C=O) groups is 1. The first-order valence-electron chi connectivity index (χ1n) is 9.96. The maximum atomic E-state index is 13.3. The maximum Gasteiger partial charge on any atom is 0.258 e. The van der Waals surface area contributed by atoms with Gasteiger partial charge in [0.1, 0.15) is 18.0 Å². The molecule has 5 nitrogen and oxygen atoms in total. The molecule has 3 aromatic carbocycles. The molecule has 0 saturated carbocycles. The Morgan fingerprint density at radius 2 is 1.76 bits per heavy atom. The highest BCUT2D eigenvalue weighted by molar-refractivity contribution is 6.09. The summed E-state index contributed by atoms with van der Waals surface area (Å²) in [5.74, 6) is 0.882. The van der Waals surface area contributed by atoms with Crippen molar-refractivity contribution in [3.8, 4) is 16.9 Å². The monoisotopic (exact) mass is 385 g/mol. The summed E-state index contributed by atoms with van der Waals surface area (Å²) < 4.78 is 5.80. The Balaban J connectivity index is 1.44. The lowest BCUT2D eigenvalue weighted by atomic mass is 10.0. The molecule has 0 unspecified atom stereocenters. The largest absolute Gasteiger partial charge is 0.489 e. The van der Waals surface area contributed by atoms with E-state index in [-0.39, 0.29) is 5.91 Å². The van der Waals surface area contributed by atoms with E-state index in [1.165, 1.54) is 0 Å². The van der Waals surface area contributed by atoms with E-state index in [4.69, 9.17) is 10.5 Å². The summed E-state index contributed by atoms with van der Waals surface area (Å²) in [7, 11) is 0. The van der Waals surface area contributed by atoms with Crippen LogP contribution in [-0.2, 0) is 6.54 Å². The molecule has 2 heterocycles. The Morgan fingerprint density at radius 3 is 2.59 bits per heavy atom. The van der Waals surface area contributed by atoms with Crippen LogP contribution < -0.4 is 20.3 Å². The first kappa shape index (κ1) is 17.8. The smallest absolute Gasteiger partial charge is 0.258 e. The number of hydrogen-bond acceptors (Lipinski definition) is 4. The first-order valence-corrected chi connectivity index (χ1v) is 9.96. The van der Waals surface area contributed by atoms with Crippen molar-refractivity contribution in [2.45, 2.75) is 6.54 Å². The van der Waals surface area contributed by atoms with E-state index in [1.807, 2.05) is 59.5 Å². The molecule has 0 spiro atoms. The lowest BCUT2D eigenvalue weighted by Crippen LogP contribution is -2.47. The van der Waals surface area contributed by atoms with Gasteiger partial charge in [0, 0.05) is 25.2 Å². The predicted octanol–water partition coefficient (Wildman–Crippen LogP) is 3.67. The van der Waals surface area contributed by atoms with Crippen molar-refractivity contribution in [2.75, 3.05) is 36.0 Å². The van der Waals surface area contributed by atoms with Crippen LogP contribution in [0.5, 0.6) is 5.75 Å². The lowest BCUT2D eigenvalue weighted by molar-refractivity contribution is 0.0986. The van der Waals surface area contributed by atoms with Crippen LogP contribution in [0.3, 0.4) is 0 Å². The highest BCUT2D eigenvalue weighted by atomic mass is 16.5. The lowest BCUT2D eigenvalue weighted by Gasteiger charge is -2.41. The SMILES string of the molecule is NCc1cccc(-c2ccc(C(=O)N3CCN4CCOc5cccc3c54)cc2)c1. The van der Waals surface area contributed by atoms with E-state index < -0.39 is 0 Å². The minimum absolute atomic E-state index is 0.0193. The fourth-order valence-corrected chi connectivity index (χ4v) is 4.16. The van der Waals surface area contributed by atoms with Gasteiger partial charge in [0.25, 0.3) is 5.91 Å². The number of ether oxygens (including phenoxy) is 1. The van der Waals surface area contributed by atoms with Gasteiger partial charge in [-0.2, -0.15) is 0 Å². The van der Waals surface area contributed by atoms with Crippen molar-refractivity contribution in [3.63, 3.8) is 0 Å². The van der Waals surface area contributed by atoms with Gasteiger partial charge in [-0.25, -0.2) is 0 Å². The second-order valence-corrected chi connectivity index (χ2v) is 7.40. The Labute approximate surface area is 170 Å². The molecular formula is C24H23N3O2. The maximum absolute atomic E-state index is 13.3. The van der Waals surface area contributed by atoms with Crippen molar-refractivity contribution in [2.24, 2.45) is 5.73 Å². The molecule has 29 heavy (non-hydrogen) atoms. The van der Waals surface area contributed by atoms with Gasteiger partial charge in [-0.15, -0.1) is 0 Å². The van der Waals surface area contributed by atoms with E-state index in [0.717, 1.165) is 46.9 Å². The Kier molecular flexibility index (Phi) is 4.45. The Hall–Kier alpha value is -3.31. The number of carbonyl (C=O) groups excluding carboxylic acids is 1. The molecule has 0 radical (unpaired) electrons. The van der Waals surface area contributed by atoms with Crippen LogP contribution in [0.15, 0.2) is 66.7 Å². The molecule has 0 fully saturated rings. The molecule has 2 aliphatic heterocycles. The van der Waals surface area contributed by atoms with Gasteiger partial charge >= 0.3 is 0 Å². The third-order valence-electron chi connectivity index (χ3n) is 5.67. The number of nitrogens with zero attached hydrogens (tertiary/aromatic N) is 2. The van der Waals surface area contributed by atoms with Crippen LogP contribution in [-0.4, -0.2) is 32.1 Å². The Bertz CT molecular complexity index is 1060. The summed E-state index contributed by atoms with van der Waals surface area (Å²) in [5.41, 5.74) is 11.7. The van der Waals surface area contributed by atoms with Crippen LogP contribution in [0.4, 0.5) is 11.4 Å². The van der Waals surface area contributed by atoms with Gasteiger partial charge in [-0.3, -0.25) is 4.79 Å². The van der Waals surface area contributed by atoms with Gasteiger partial charge in [-0.05, 0) is 47.0 Å². The fraction of sp³-hybridized carbons (Fsp3) is 0.208. The van der Waals surface area contributed by atoms with E-state index >= 15 is 0 Å². The normalized spacial score (nSPS) is 14.9. The van der Waals surface area contributed by atoms with Gasteiger partial charge in [0.05, 0.1) is 12.2 Å². The Morgan fingerprint density at radius 1 is 0.931 bits per heavy atom. The number of hydrogen-bond donors (Lipinski definition) is 1. The summed E-state index contributed by atoms with van der Waals surface area (Å²) in [4.78, 5) is 17.5. The van der Waals surface area contributed by atoms with E-state index in [0.29, 0.717) is 25.3 Å². The third kappa shape index (κ3) is 3.13. The molecule has 2 N–H and O–H groups in total. The average Bonchev–Trinajstić information content (AvgIpc) is 2.79. The number of nitrogens with two attached hydrogens (primary N) is 1. The standard InChI is InChI=1S/C24H23N3O2/c25-16-17-3-1-4-20(15-17)18-7-9-19(10-8-18)24(28)27-12-11-26-13-14-29-22-6-2-5-21(27)23(22)26/h1-10,15H,11-14,16,25H2. The zero-order chi connectivity index (χ0) is 19.8. The van der Waals surface area contributed by atoms with Crippen LogP contribution in [0.2, 0.25) is 0 Å². The van der Waals surface area contributed by atoms with Gasteiger partial charge < -0.3 is 20.3 Å². The molecule has 2 aliphatic rings. The summed E-state index contributed by atoms with van der Waals surface area (Å²) in [6.07, 6.45) is 0. The average molecular weight is 385 g/mol. The molecule has 0 atom stereocenters. The molecule has 0 bridgehead atoms. The second kappa shape index (κ2) is 7.26. The van der Waals surface area contributed by atoms with Crippen molar-refractivity contribution >= 4 is 17.3 Å². The zero-order valence-electron chi connectivity index (χ0n) is 16.2. The summed E-state index contributed by atoms with van der Waals surface area (Å²) in [5, 5.41) is 0. The molecule has 1 amide bonds. The predicted molar refractivity (Wildman–Crippen MR) is 116 cm³/mol. The third-order valence-corrected chi connectivity index (χ3v) is 5.67. The topological polar surface area (TPSA) is 58.8 Å². The van der Waals surface area contributed by atoms with Crippen LogP contribution in [0, 0.1) is 0 Å². The molecule has 0 aliphatic carbocycles. The minimum Gasteiger partial charge on any atom is -0.489 e. The highest BCUT2D eigenvalue weighted by Gasteiger charge is 2.31. The van der Waals surface area contributed by atoms with E-state index in [9.17, 15) is 4.79 Å². The number of amides is 1. The van der Waals surface area contributed by atoms with Gasteiger partial charge in [-0.1, -0.05) is 36.4 Å². The second-order valence-electron chi connectivity index (χ2n) is 7.40. The highest BCUT2D eigenvalue weighted by Crippen LogP contribution is 2.43. The molecule has 0 aromatic heterocycles. The van der Waals surface area contributed by atoms with Crippen molar-refractivity contribution in [3.05, 3.63) is 77.9 Å². The molecule has 146 valence electrons. The summed E-state index contributed by atoms with van der Waals surface area (Å²) in [6, 6.07) is 21.9. The van der Waals surface area contributed by atoms with Crippen LogP contribution in [0.1, 0.15) is 15.9 Å². The van der Waals surface area contributed by atoms with E-state index in [1.54, 1.807) is 0 Å². The summed E-state index contributed by atoms with van der Waals surface area (Å²) in [6.45, 7) is 3.57. The number of anilines is 2. The molecule has 5 heteroatoms. The molecular weight excluding hydrogens is 362 g/mol. The van der Waals surface area contributed by atoms with Crippen molar-refractivity contribution < 1.29 is 9.53 Å². The quantitative estimate of drug-likeness (QED) is 0.747. The van der Waals surface area contributed by atoms with Gasteiger partial charge in [0.15, 0.2) is 0 Å². The number of benzene rings is 3. The van der Waals surface area contributed by atoms with Crippen molar-refractivity contribution in [1.82, 2.24) is 0 Å². The van der Waals surface area contributed by atoms with E-state index in [2.05, 4.69) is 17.0 Å². The number of para-hydroxylation sites is 1. The van der Waals surface area contributed by atoms with Crippen molar-refractivity contribution in [1.29, 1.82) is 0 Å². The minimum atomic E-state index is 0.0193. The fourth-order valence-electron chi connectivity index (χ4n) is 4.16. The molecule has 3 aromatic rings. The molecule has 5 rings (SSSR count).